The Labute approximate surface area is 442 Å². The molecule has 5 aromatic rings. The summed E-state index contributed by atoms with van der Waals surface area (Å²) >= 11 is 0. The van der Waals surface area contributed by atoms with Gasteiger partial charge in [-0.2, -0.15) is 10.1 Å². The molecule has 5 rings (SSSR count). The maximum atomic E-state index is 13.0. The van der Waals surface area contributed by atoms with Crippen LogP contribution in [0.25, 0.3) is 17.1 Å². The number of benzene rings is 4. The molecular formula is C55H71N9O12. The maximum Gasteiger partial charge on any atom is 0.407 e. The number of nitrogens with one attached hydrogen (secondary N) is 4. The van der Waals surface area contributed by atoms with E-state index in [1.54, 1.807) is 81.4 Å². The van der Waals surface area contributed by atoms with Crippen molar-refractivity contribution in [3.8, 4) is 5.75 Å². The summed E-state index contributed by atoms with van der Waals surface area (Å²) in [6.45, 7) is 13.5. The summed E-state index contributed by atoms with van der Waals surface area (Å²) in [5.41, 5.74) is 10.2. The van der Waals surface area contributed by atoms with E-state index in [1.165, 1.54) is 18.2 Å². The number of H-pyrrole nitrogens is 1. The van der Waals surface area contributed by atoms with Gasteiger partial charge in [-0.05, 0) is 130 Å². The average Bonchev–Trinajstić information content (AvgIpc) is 3.74. The first-order chi connectivity index (χ1) is 36.7. The van der Waals surface area contributed by atoms with Crippen LogP contribution >= 0.6 is 0 Å². The molecule has 0 bridgehead atoms. The molecule has 1 aromatic heterocycles. The monoisotopic (exact) mass is 1050 g/mol. The van der Waals surface area contributed by atoms with Gasteiger partial charge in [0.25, 0.3) is 11.8 Å². The zero-order valence-electron chi connectivity index (χ0n) is 43.8. The SMILES string of the molecule is CCCn1/c(=N/C(=O)c2cccc(C(N)=O)c2)[nH]c2ccc(/C=C/C(=O)NCCCOCCOCCOCCOCCOCCCNC(=O)c3ccc(/N=N/c4cc(CCNC(=O)OC(C)(C)C)ccc4O)cc3)cc21. The lowest BCUT2D eigenvalue weighted by Gasteiger charge is -2.19. The fraction of sp³-hybridized carbons (Fsp3) is 0.418. The van der Waals surface area contributed by atoms with Crippen LogP contribution in [0.4, 0.5) is 16.2 Å². The fourth-order valence-corrected chi connectivity index (χ4v) is 7.08. The molecule has 408 valence electrons. The molecule has 0 fully saturated rings. The van der Waals surface area contributed by atoms with E-state index >= 15 is 0 Å². The summed E-state index contributed by atoms with van der Waals surface area (Å²) in [5.74, 6) is -1.62. The molecule has 1 heterocycles. The first kappa shape index (κ1) is 59.3. The van der Waals surface area contributed by atoms with Gasteiger partial charge in [0, 0.05) is 62.2 Å². The number of aryl methyl sites for hydroxylation is 1. The lowest BCUT2D eigenvalue weighted by Crippen LogP contribution is -2.33. The molecule has 0 unspecified atom stereocenters. The minimum Gasteiger partial charge on any atom is -0.506 e. The van der Waals surface area contributed by atoms with Crippen LogP contribution in [-0.4, -0.2) is 136 Å². The Bertz CT molecular complexity index is 2800. The van der Waals surface area contributed by atoms with Crippen LogP contribution in [0.3, 0.4) is 0 Å². The van der Waals surface area contributed by atoms with Crippen LogP contribution in [0.15, 0.2) is 106 Å². The number of phenols is 1. The van der Waals surface area contributed by atoms with E-state index in [2.05, 4.69) is 36.2 Å². The number of primary amides is 1. The molecule has 4 aromatic carbocycles. The zero-order chi connectivity index (χ0) is 54.5. The number of rotatable bonds is 32. The highest BCUT2D eigenvalue weighted by Gasteiger charge is 2.16. The third-order valence-electron chi connectivity index (χ3n) is 10.8. The number of nitrogens with zero attached hydrogens (tertiary/aromatic N) is 4. The number of imidazole rings is 1. The molecule has 0 aliphatic carbocycles. The molecule has 76 heavy (non-hydrogen) atoms. The van der Waals surface area contributed by atoms with Gasteiger partial charge in [-0.25, -0.2) is 4.79 Å². The van der Waals surface area contributed by atoms with Crippen molar-refractivity contribution in [2.75, 3.05) is 85.7 Å². The summed E-state index contributed by atoms with van der Waals surface area (Å²) in [5, 5.41) is 27.1. The normalized spacial score (nSPS) is 11.9. The van der Waals surface area contributed by atoms with Crippen LogP contribution in [-0.2, 0) is 46.2 Å². The number of ether oxygens (including phenoxy) is 6. The average molecular weight is 1050 g/mol. The lowest BCUT2D eigenvalue weighted by atomic mass is 10.1. The van der Waals surface area contributed by atoms with Gasteiger partial charge in [0.2, 0.25) is 17.4 Å². The summed E-state index contributed by atoms with van der Waals surface area (Å²) in [6.07, 6.45) is 5.27. The van der Waals surface area contributed by atoms with E-state index in [9.17, 15) is 29.1 Å². The smallest absolute Gasteiger partial charge is 0.407 e. The number of nitrogens with two attached hydrogens (primary N) is 1. The van der Waals surface area contributed by atoms with Crippen LogP contribution < -0.4 is 27.3 Å². The quantitative estimate of drug-likeness (QED) is 0.0147. The first-order valence-corrected chi connectivity index (χ1v) is 25.3. The highest BCUT2D eigenvalue weighted by molar-refractivity contribution is 5.99. The number of fused-ring (bicyclic) bond motifs is 1. The minimum atomic E-state index is -0.626. The number of aromatic nitrogens is 2. The molecule has 0 aliphatic heterocycles. The molecule has 21 heteroatoms. The van der Waals surface area contributed by atoms with Gasteiger partial charge in [-0.3, -0.25) is 19.2 Å². The van der Waals surface area contributed by atoms with Crippen LogP contribution in [0.5, 0.6) is 5.75 Å². The van der Waals surface area contributed by atoms with E-state index < -0.39 is 23.5 Å². The number of carbonyl (C=O) groups excluding carboxylic acids is 5. The van der Waals surface area contributed by atoms with Crippen LogP contribution in [0.1, 0.15) is 89.2 Å². The second-order valence-corrected chi connectivity index (χ2v) is 18.1. The number of aromatic hydroxyl groups is 1. The second kappa shape index (κ2) is 32.0. The van der Waals surface area contributed by atoms with Crippen LogP contribution in [0, 0.1) is 0 Å². The van der Waals surface area contributed by atoms with Gasteiger partial charge >= 0.3 is 6.09 Å². The molecule has 0 spiro atoms. The van der Waals surface area contributed by atoms with Crippen LogP contribution in [0.2, 0.25) is 0 Å². The Hall–Kier alpha value is -7.56. The van der Waals surface area contributed by atoms with Crippen molar-refractivity contribution in [2.24, 2.45) is 21.0 Å². The molecule has 0 atom stereocenters. The van der Waals surface area contributed by atoms with Gasteiger partial charge < -0.3 is 64.8 Å². The topological polar surface area (TPSA) is 281 Å². The zero-order valence-corrected chi connectivity index (χ0v) is 43.8. The van der Waals surface area contributed by atoms with Crippen molar-refractivity contribution >= 4 is 58.2 Å². The van der Waals surface area contributed by atoms with Gasteiger partial charge in [0.1, 0.15) is 17.0 Å². The first-order valence-electron chi connectivity index (χ1n) is 25.3. The minimum absolute atomic E-state index is 0.0332. The third kappa shape index (κ3) is 21.7. The molecule has 0 saturated carbocycles. The van der Waals surface area contributed by atoms with Crippen molar-refractivity contribution in [3.05, 3.63) is 124 Å². The highest BCUT2D eigenvalue weighted by atomic mass is 16.6. The Morgan fingerprint density at radius 1 is 0.697 bits per heavy atom. The van der Waals surface area contributed by atoms with E-state index in [0.29, 0.717) is 128 Å². The number of alkyl carbamates (subject to hydrolysis) is 1. The Morgan fingerprint density at radius 3 is 1.96 bits per heavy atom. The van der Waals surface area contributed by atoms with E-state index in [-0.39, 0.29) is 34.4 Å². The highest BCUT2D eigenvalue weighted by Crippen LogP contribution is 2.29. The van der Waals surface area contributed by atoms with Crippen molar-refractivity contribution in [2.45, 2.75) is 65.5 Å². The number of hydrogen-bond acceptors (Lipinski definition) is 14. The molecule has 7 N–H and O–H groups in total. The number of amides is 5. The second-order valence-electron chi connectivity index (χ2n) is 18.1. The Balaban J connectivity index is 0.818. The molecule has 0 saturated heterocycles. The third-order valence-corrected chi connectivity index (χ3v) is 10.8. The van der Waals surface area contributed by atoms with Gasteiger partial charge in [-0.15, -0.1) is 5.11 Å². The predicted octanol–water partition coefficient (Wildman–Crippen LogP) is 6.83. The molecule has 5 amide bonds. The Morgan fingerprint density at radius 2 is 1.33 bits per heavy atom. The number of azo groups is 1. The van der Waals surface area contributed by atoms with Crippen molar-refractivity contribution in [1.82, 2.24) is 25.5 Å². The van der Waals surface area contributed by atoms with E-state index in [4.69, 9.17) is 34.2 Å². The van der Waals surface area contributed by atoms with Crippen molar-refractivity contribution < 1.29 is 57.5 Å². The van der Waals surface area contributed by atoms with Gasteiger partial charge in [-0.1, -0.05) is 25.1 Å². The molecule has 0 aliphatic rings. The number of phenolic OH excluding ortho intramolecular Hbond substituents is 1. The molecule has 0 radical (unpaired) electrons. The van der Waals surface area contributed by atoms with Gasteiger partial charge in [0.05, 0.1) is 69.6 Å². The van der Waals surface area contributed by atoms with Crippen molar-refractivity contribution in [3.63, 3.8) is 0 Å². The van der Waals surface area contributed by atoms with E-state index in [1.807, 2.05) is 29.7 Å². The lowest BCUT2D eigenvalue weighted by molar-refractivity contribution is -0.116. The summed E-state index contributed by atoms with van der Waals surface area (Å²) < 4.78 is 35.0. The number of hydrogen-bond donors (Lipinski definition) is 6. The maximum absolute atomic E-state index is 13.0. The molecular weight excluding hydrogens is 979 g/mol. The summed E-state index contributed by atoms with van der Waals surface area (Å²) in [6, 6.07) is 23.4. The predicted molar refractivity (Wildman–Crippen MR) is 286 cm³/mol. The largest absolute Gasteiger partial charge is 0.506 e. The number of carbonyl (C=O) groups is 5. The Kier molecular flexibility index (Phi) is 25.0. The fourth-order valence-electron chi connectivity index (χ4n) is 7.08. The van der Waals surface area contributed by atoms with Crippen molar-refractivity contribution in [1.29, 1.82) is 0 Å². The standard InChI is InChI=1S/C55H71N9O12/c1-5-25-64-47-37-39(11-18-45(47)60-53(64)61-52(69)43-10-6-9-42(38-43)50(56)67)13-20-49(66)57-22-7-26-71-28-30-73-32-34-75-35-33-74-31-29-72-27-8-23-58-51(68)41-14-16-44(17-15-41)62-63-46-36-40(12-19-48(46)65)21-24-59-54(70)76-55(2,3)4/h6,9-20,36-38,65H,5,7-8,21-35H2,1-4H3,(H2,56,67)(H,57,66)(H,58,68)(H,59,70)(H,60,61,69)/b20-13+,63-62+. The molecule has 21 nitrogen and oxygen atoms in total. The summed E-state index contributed by atoms with van der Waals surface area (Å²) in [7, 11) is 0. The number of aromatic amines is 1. The summed E-state index contributed by atoms with van der Waals surface area (Å²) in [4.78, 5) is 69.1. The van der Waals surface area contributed by atoms with E-state index in [0.717, 1.165) is 28.6 Å². The van der Waals surface area contributed by atoms with Gasteiger partial charge in [0.15, 0.2) is 0 Å².